The van der Waals surface area contributed by atoms with Gasteiger partial charge in [0.05, 0.1) is 38.0 Å². The molecule has 11 heteroatoms. The largest absolute Gasteiger partial charge is 0.464 e. The van der Waals surface area contributed by atoms with E-state index < -0.39 is 52.8 Å². The van der Waals surface area contributed by atoms with Crippen molar-refractivity contribution in [2.75, 3.05) is 13.7 Å². The van der Waals surface area contributed by atoms with Gasteiger partial charge in [-0.25, -0.2) is 19.4 Å². The van der Waals surface area contributed by atoms with E-state index in [4.69, 9.17) is 18.9 Å². The van der Waals surface area contributed by atoms with Gasteiger partial charge in [-0.2, -0.15) is 0 Å². The number of nitrogens with zero attached hydrogens (tertiary/aromatic N) is 3. The molecule has 1 amide bonds. The number of esters is 2. The van der Waals surface area contributed by atoms with Crippen LogP contribution in [-0.2, 0) is 27.9 Å². The second-order valence-electron chi connectivity index (χ2n) is 10.6. The third kappa shape index (κ3) is 6.98. The van der Waals surface area contributed by atoms with Gasteiger partial charge in [0.25, 0.3) is 5.56 Å². The zero-order valence-corrected chi connectivity index (χ0v) is 23.7. The smallest absolute Gasteiger partial charge is 0.411 e. The Morgan fingerprint density at radius 2 is 1.61 bits per heavy atom. The Morgan fingerprint density at radius 1 is 0.976 bits per heavy atom. The highest BCUT2D eigenvalue weighted by Gasteiger charge is 2.42. The second-order valence-corrected chi connectivity index (χ2v) is 10.6. The van der Waals surface area contributed by atoms with E-state index in [1.807, 2.05) is 30.3 Å². The van der Waals surface area contributed by atoms with E-state index in [1.54, 1.807) is 39.0 Å². The normalized spacial score (nSPS) is 16.8. The lowest BCUT2D eigenvalue weighted by atomic mass is 10.1. The third-order valence-corrected chi connectivity index (χ3v) is 6.38. The number of aromatic nitrogens is 2. The van der Waals surface area contributed by atoms with Crippen molar-refractivity contribution in [1.82, 2.24) is 14.5 Å². The fourth-order valence-electron chi connectivity index (χ4n) is 4.42. The Labute approximate surface area is 237 Å². The van der Waals surface area contributed by atoms with Gasteiger partial charge in [-0.15, -0.1) is 0 Å². The molecule has 3 aromatic rings. The molecule has 0 N–H and O–H groups in total. The maximum Gasteiger partial charge on any atom is 0.411 e. The van der Waals surface area contributed by atoms with E-state index in [1.165, 1.54) is 24.1 Å². The molecule has 0 aliphatic carbocycles. The molecule has 2 aromatic carbocycles. The monoisotopic (exact) mass is 563 g/mol. The molecule has 1 aromatic heterocycles. The lowest BCUT2D eigenvalue weighted by molar-refractivity contribution is 0.0143. The number of hydrogen-bond acceptors (Lipinski definition) is 9. The van der Waals surface area contributed by atoms with E-state index in [0.717, 1.165) is 17.2 Å². The number of amides is 1. The van der Waals surface area contributed by atoms with Crippen LogP contribution in [0.4, 0.5) is 4.79 Å². The first-order chi connectivity index (χ1) is 19.5. The topological polar surface area (TPSA) is 126 Å². The Bertz CT molecular complexity index is 1460. The van der Waals surface area contributed by atoms with Crippen LogP contribution in [0.15, 0.2) is 65.5 Å². The van der Waals surface area contributed by atoms with Crippen LogP contribution in [0.3, 0.4) is 0 Å². The average Bonchev–Trinajstić information content (AvgIpc) is 3.38. The van der Waals surface area contributed by atoms with Crippen molar-refractivity contribution in [3.63, 3.8) is 0 Å². The molecule has 11 nitrogen and oxygen atoms in total. The summed E-state index contributed by atoms with van der Waals surface area (Å²) in [6.45, 7) is 5.73. The van der Waals surface area contributed by atoms with Crippen LogP contribution in [-0.4, -0.2) is 57.8 Å². The van der Waals surface area contributed by atoms with E-state index >= 15 is 0 Å². The average molecular weight is 564 g/mol. The van der Waals surface area contributed by atoms with Gasteiger partial charge >= 0.3 is 18.0 Å². The summed E-state index contributed by atoms with van der Waals surface area (Å²) in [5.41, 5.74) is -0.913. The number of methoxy groups -OCH3 is 1. The number of rotatable bonds is 7. The molecule has 2 heterocycles. The lowest BCUT2D eigenvalue weighted by Gasteiger charge is -2.29. The molecular weight excluding hydrogens is 530 g/mol. The Morgan fingerprint density at radius 3 is 2.22 bits per heavy atom. The van der Waals surface area contributed by atoms with Crippen molar-refractivity contribution in [1.29, 1.82) is 0 Å². The fourth-order valence-corrected chi connectivity index (χ4v) is 4.42. The van der Waals surface area contributed by atoms with Crippen LogP contribution >= 0.6 is 0 Å². The molecule has 0 saturated carbocycles. The summed E-state index contributed by atoms with van der Waals surface area (Å²) in [5, 5.41) is 0. The van der Waals surface area contributed by atoms with Gasteiger partial charge < -0.3 is 18.9 Å². The maximum atomic E-state index is 13.5. The second kappa shape index (κ2) is 12.3. The van der Waals surface area contributed by atoms with E-state index in [0.29, 0.717) is 6.61 Å². The zero-order chi connectivity index (χ0) is 29.7. The van der Waals surface area contributed by atoms with Crippen LogP contribution in [0, 0.1) is 0 Å². The summed E-state index contributed by atoms with van der Waals surface area (Å²) in [6, 6.07) is 16.8. The fraction of sp³-hybridized carbons (Fsp3) is 0.367. The van der Waals surface area contributed by atoms with Crippen LogP contribution in [0.5, 0.6) is 5.75 Å². The molecule has 0 radical (unpaired) electrons. The number of ether oxygens (including phenoxy) is 4. The van der Waals surface area contributed by atoms with Crippen molar-refractivity contribution in [2.24, 2.45) is 7.05 Å². The number of carbonyl (C=O) groups excluding carboxylic acids is 3. The predicted octanol–water partition coefficient (Wildman–Crippen LogP) is 4.05. The van der Waals surface area contributed by atoms with Gasteiger partial charge in [-0.05, 0) is 38.5 Å². The molecule has 2 atom stereocenters. The number of likely N-dealkylation sites (tertiary alicyclic amines) is 1. The third-order valence-electron chi connectivity index (χ3n) is 6.38. The van der Waals surface area contributed by atoms with Gasteiger partial charge in [-0.3, -0.25) is 14.3 Å². The highest BCUT2D eigenvalue weighted by atomic mass is 16.6. The lowest BCUT2D eigenvalue weighted by Crippen LogP contribution is -2.39. The highest BCUT2D eigenvalue weighted by molar-refractivity contribution is 5.94. The summed E-state index contributed by atoms with van der Waals surface area (Å²) in [7, 11) is 2.55. The zero-order valence-electron chi connectivity index (χ0n) is 23.7. The molecule has 2 unspecified atom stereocenters. The standard InChI is InChI=1S/C30H33N3O8/c1-30(2,3)41-29(37)33-17-21(39-18-19-12-8-6-9-13-19)16-22(33)25-31-23(28(36)38-5)24(26(34)32(25)4)40-27(35)20-14-10-7-11-15-20/h6-15,21-22H,16-18H2,1-5H3. The first kappa shape index (κ1) is 29.5. The molecule has 1 saturated heterocycles. The van der Waals surface area contributed by atoms with Crippen molar-refractivity contribution >= 4 is 18.0 Å². The van der Waals surface area contributed by atoms with Crippen molar-refractivity contribution in [2.45, 2.75) is 51.5 Å². The van der Waals surface area contributed by atoms with Gasteiger partial charge in [0.1, 0.15) is 11.4 Å². The van der Waals surface area contributed by atoms with Crippen LogP contribution < -0.4 is 10.3 Å². The summed E-state index contributed by atoms with van der Waals surface area (Å²) in [5.74, 6) is -2.30. The molecule has 1 aliphatic heterocycles. The molecule has 216 valence electrons. The first-order valence-electron chi connectivity index (χ1n) is 13.1. The van der Waals surface area contributed by atoms with Crippen LogP contribution in [0.1, 0.15) is 65.5 Å². The molecular formula is C30H33N3O8. The maximum absolute atomic E-state index is 13.5. The Hall–Kier alpha value is -4.51. The van der Waals surface area contributed by atoms with Crippen LogP contribution in [0.25, 0.3) is 0 Å². The number of hydrogen-bond donors (Lipinski definition) is 0. The predicted molar refractivity (Wildman–Crippen MR) is 148 cm³/mol. The van der Waals surface area contributed by atoms with E-state index in [9.17, 15) is 19.2 Å². The summed E-state index contributed by atoms with van der Waals surface area (Å²) in [6.07, 6.45) is -0.764. The molecule has 41 heavy (non-hydrogen) atoms. The minimum Gasteiger partial charge on any atom is -0.464 e. The van der Waals surface area contributed by atoms with Gasteiger partial charge in [-0.1, -0.05) is 48.5 Å². The summed E-state index contributed by atoms with van der Waals surface area (Å²) in [4.78, 5) is 58.2. The van der Waals surface area contributed by atoms with Gasteiger partial charge in [0, 0.05) is 13.5 Å². The SMILES string of the molecule is COC(=O)c1nc(C2CC(OCc3ccccc3)CN2C(=O)OC(C)(C)C)n(C)c(=O)c1OC(=O)c1ccccc1. The summed E-state index contributed by atoms with van der Waals surface area (Å²) < 4.78 is 23.1. The first-order valence-corrected chi connectivity index (χ1v) is 13.1. The van der Waals surface area contributed by atoms with Gasteiger partial charge in [0.2, 0.25) is 5.75 Å². The quantitative estimate of drug-likeness (QED) is 0.391. The highest BCUT2D eigenvalue weighted by Crippen LogP contribution is 2.34. The molecule has 1 aliphatic rings. The van der Waals surface area contributed by atoms with E-state index in [2.05, 4.69) is 4.98 Å². The van der Waals surface area contributed by atoms with Crippen LogP contribution in [0.2, 0.25) is 0 Å². The molecule has 0 bridgehead atoms. The Balaban J connectivity index is 1.71. The van der Waals surface area contributed by atoms with Crippen molar-refractivity contribution in [3.8, 4) is 5.75 Å². The van der Waals surface area contributed by atoms with Crippen molar-refractivity contribution in [3.05, 3.63) is 93.7 Å². The van der Waals surface area contributed by atoms with Gasteiger partial charge in [0.15, 0.2) is 5.69 Å². The minimum atomic E-state index is -0.974. The summed E-state index contributed by atoms with van der Waals surface area (Å²) >= 11 is 0. The molecule has 4 rings (SSSR count). The number of benzene rings is 2. The Kier molecular flexibility index (Phi) is 8.87. The number of carbonyl (C=O) groups is 3. The van der Waals surface area contributed by atoms with Crippen molar-refractivity contribution < 1.29 is 33.3 Å². The molecule has 1 fully saturated rings. The minimum absolute atomic E-state index is 0.0894. The molecule has 0 spiro atoms. The van der Waals surface area contributed by atoms with E-state index in [-0.39, 0.29) is 24.4 Å².